The van der Waals surface area contributed by atoms with Crippen LogP contribution < -0.4 is 5.32 Å². The van der Waals surface area contributed by atoms with Gasteiger partial charge in [-0.1, -0.05) is 39.5 Å². The molecule has 13 heavy (non-hydrogen) atoms. The second-order valence-electron chi connectivity index (χ2n) is 3.57. The topological polar surface area (TPSA) is 12.0 Å². The Labute approximate surface area is 83.3 Å². The molecule has 0 rings (SSSR count). The summed E-state index contributed by atoms with van der Waals surface area (Å²) in [6.45, 7) is 6.58. The summed E-state index contributed by atoms with van der Waals surface area (Å²) in [6.07, 6.45) is 11.4. The van der Waals surface area contributed by atoms with Gasteiger partial charge in [-0.15, -0.1) is 6.42 Å². The predicted octanol–water partition coefficient (Wildman–Crippen LogP) is 2.96. The van der Waals surface area contributed by atoms with Gasteiger partial charge in [0, 0.05) is 6.04 Å². The van der Waals surface area contributed by atoms with Crippen LogP contribution in [0.5, 0.6) is 0 Å². The van der Waals surface area contributed by atoms with Gasteiger partial charge in [-0.3, -0.25) is 0 Å². The monoisotopic (exact) mass is 181 g/mol. The van der Waals surface area contributed by atoms with E-state index in [2.05, 4.69) is 32.0 Å². The van der Waals surface area contributed by atoms with Gasteiger partial charge in [-0.05, 0) is 19.3 Å². The van der Waals surface area contributed by atoms with Crippen LogP contribution in [0.3, 0.4) is 0 Å². The SMILES string of the molecule is C#CC(CC)NC(CCC)CCC. The number of nitrogens with one attached hydrogen (secondary N) is 1. The lowest BCUT2D eigenvalue weighted by Crippen LogP contribution is -2.36. The minimum absolute atomic E-state index is 0.267. The highest BCUT2D eigenvalue weighted by Crippen LogP contribution is 2.06. The molecule has 1 heteroatoms. The molecule has 0 radical (unpaired) electrons. The van der Waals surface area contributed by atoms with Crippen molar-refractivity contribution in [1.82, 2.24) is 5.32 Å². The van der Waals surface area contributed by atoms with E-state index in [9.17, 15) is 0 Å². The lowest BCUT2D eigenvalue weighted by molar-refractivity contribution is 0.415. The van der Waals surface area contributed by atoms with E-state index >= 15 is 0 Å². The van der Waals surface area contributed by atoms with Gasteiger partial charge in [-0.2, -0.15) is 0 Å². The van der Waals surface area contributed by atoms with E-state index in [0.29, 0.717) is 6.04 Å². The van der Waals surface area contributed by atoms with Crippen LogP contribution in [-0.2, 0) is 0 Å². The minimum Gasteiger partial charge on any atom is -0.301 e. The smallest absolute Gasteiger partial charge is 0.0686 e. The fourth-order valence-electron chi connectivity index (χ4n) is 1.58. The van der Waals surface area contributed by atoms with Gasteiger partial charge in [-0.25, -0.2) is 0 Å². The van der Waals surface area contributed by atoms with Crippen molar-refractivity contribution in [1.29, 1.82) is 0 Å². The molecule has 0 bridgehead atoms. The average molecular weight is 181 g/mol. The average Bonchev–Trinajstić information content (AvgIpc) is 2.14. The molecule has 0 aromatic rings. The van der Waals surface area contributed by atoms with Gasteiger partial charge in [0.05, 0.1) is 6.04 Å². The van der Waals surface area contributed by atoms with E-state index in [0.717, 1.165) is 6.42 Å². The summed E-state index contributed by atoms with van der Waals surface area (Å²) in [4.78, 5) is 0. The lowest BCUT2D eigenvalue weighted by atomic mass is 10.1. The quantitative estimate of drug-likeness (QED) is 0.595. The first-order chi connectivity index (χ1) is 6.28. The van der Waals surface area contributed by atoms with E-state index in [-0.39, 0.29) is 6.04 Å². The predicted molar refractivity (Wildman–Crippen MR) is 59.7 cm³/mol. The van der Waals surface area contributed by atoms with Crippen molar-refractivity contribution in [3.63, 3.8) is 0 Å². The second-order valence-corrected chi connectivity index (χ2v) is 3.57. The Morgan fingerprint density at radius 2 is 1.69 bits per heavy atom. The highest BCUT2D eigenvalue weighted by molar-refractivity contribution is 4.99. The molecular formula is C12H23N. The molecule has 76 valence electrons. The summed E-state index contributed by atoms with van der Waals surface area (Å²) in [5.41, 5.74) is 0. The van der Waals surface area contributed by atoms with E-state index in [1.54, 1.807) is 0 Å². The summed E-state index contributed by atoms with van der Waals surface area (Å²) in [6, 6.07) is 0.888. The maximum absolute atomic E-state index is 5.41. The molecule has 0 spiro atoms. The Kier molecular flexibility index (Phi) is 7.83. The van der Waals surface area contributed by atoms with Gasteiger partial charge >= 0.3 is 0 Å². The van der Waals surface area contributed by atoms with E-state index < -0.39 is 0 Å². The molecule has 0 saturated heterocycles. The zero-order chi connectivity index (χ0) is 10.1. The molecule has 0 amide bonds. The molecule has 1 atom stereocenters. The van der Waals surface area contributed by atoms with Crippen molar-refractivity contribution < 1.29 is 0 Å². The van der Waals surface area contributed by atoms with Gasteiger partial charge in [0.2, 0.25) is 0 Å². The summed E-state index contributed by atoms with van der Waals surface area (Å²) < 4.78 is 0. The van der Waals surface area contributed by atoms with Crippen molar-refractivity contribution >= 4 is 0 Å². The third-order valence-corrected chi connectivity index (χ3v) is 2.32. The molecule has 0 heterocycles. The first-order valence-corrected chi connectivity index (χ1v) is 5.50. The zero-order valence-corrected chi connectivity index (χ0v) is 9.27. The van der Waals surface area contributed by atoms with Gasteiger partial charge in [0.25, 0.3) is 0 Å². The molecule has 0 aromatic heterocycles. The molecule has 0 aliphatic carbocycles. The summed E-state index contributed by atoms with van der Waals surface area (Å²) in [5.74, 6) is 2.79. The first-order valence-electron chi connectivity index (χ1n) is 5.50. The largest absolute Gasteiger partial charge is 0.301 e. The normalized spacial score (nSPS) is 12.8. The number of hydrogen-bond acceptors (Lipinski definition) is 1. The van der Waals surface area contributed by atoms with Gasteiger partial charge in [0.1, 0.15) is 0 Å². The van der Waals surface area contributed by atoms with Crippen molar-refractivity contribution in [2.75, 3.05) is 0 Å². The zero-order valence-electron chi connectivity index (χ0n) is 9.27. The maximum Gasteiger partial charge on any atom is 0.0686 e. The molecule has 1 nitrogen and oxygen atoms in total. The lowest BCUT2D eigenvalue weighted by Gasteiger charge is -2.21. The molecular weight excluding hydrogens is 158 g/mol. The van der Waals surface area contributed by atoms with Crippen LogP contribution in [0.1, 0.15) is 52.9 Å². The van der Waals surface area contributed by atoms with Gasteiger partial charge < -0.3 is 5.32 Å². The number of rotatable bonds is 7. The van der Waals surface area contributed by atoms with Crippen LogP contribution in [0.25, 0.3) is 0 Å². The molecule has 0 fully saturated rings. The molecule has 0 aromatic carbocycles. The Morgan fingerprint density at radius 3 is 2.00 bits per heavy atom. The third kappa shape index (κ3) is 5.71. The van der Waals surface area contributed by atoms with Crippen molar-refractivity contribution in [3.05, 3.63) is 0 Å². The van der Waals surface area contributed by atoms with Crippen molar-refractivity contribution in [2.45, 2.75) is 65.0 Å². The molecule has 0 saturated carbocycles. The van der Waals surface area contributed by atoms with Crippen LogP contribution in [0.2, 0.25) is 0 Å². The maximum atomic E-state index is 5.41. The Bertz CT molecular complexity index is 140. The first kappa shape index (κ1) is 12.5. The second kappa shape index (κ2) is 8.13. The molecule has 1 N–H and O–H groups in total. The molecule has 1 unspecified atom stereocenters. The highest BCUT2D eigenvalue weighted by Gasteiger charge is 2.09. The van der Waals surface area contributed by atoms with Gasteiger partial charge in [0.15, 0.2) is 0 Å². The van der Waals surface area contributed by atoms with Crippen LogP contribution >= 0.6 is 0 Å². The standard InChI is InChI=1S/C12H23N/c1-5-9-12(10-6-2)13-11(7-3)8-4/h3,11-13H,5-6,8-10H2,1-2,4H3. The van der Waals surface area contributed by atoms with Crippen LogP contribution in [0, 0.1) is 12.3 Å². The number of terminal acetylenes is 1. The Balaban J connectivity index is 3.85. The van der Waals surface area contributed by atoms with Crippen LogP contribution in [0.15, 0.2) is 0 Å². The molecule has 0 aliphatic rings. The fourth-order valence-corrected chi connectivity index (χ4v) is 1.58. The van der Waals surface area contributed by atoms with E-state index in [1.807, 2.05) is 0 Å². The fraction of sp³-hybridized carbons (Fsp3) is 0.833. The van der Waals surface area contributed by atoms with Crippen molar-refractivity contribution in [2.24, 2.45) is 0 Å². The third-order valence-electron chi connectivity index (χ3n) is 2.32. The Morgan fingerprint density at radius 1 is 1.15 bits per heavy atom. The van der Waals surface area contributed by atoms with Crippen LogP contribution in [-0.4, -0.2) is 12.1 Å². The van der Waals surface area contributed by atoms with Crippen molar-refractivity contribution in [3.8, 4) is 12.3 Å². The minimum atomic E-state index is 0.267. The number of hydrogen-bond donors (Lipinski definition) is 1. The summed E-state index contributed by atoms with van der Waals surface area (Å²) >= 11 is 0. The van der Waals surface area contributed by atoms with Crippen LogP contribution in [0.4, 0.5) is 0 Å². The van der Waals surface area contributed by atoms with E-state index in [4.69, 9.17) is 6.42 Å². The highest BCUT2D eigenvalue weighted by atomic mass is 14.9. The Hall–Kier alpha value is -0.480. The summed E-state index contributed by atoms with van der Waals surface area (Å²) in [5, 5.41) is 3.52. The molecule has 0 aliphatic heterocycles. The summed E-state index contributed by atoms with van der Waals surface area (Å²) in [7, 11) is 0. The van der Waals surface area contributed by atoms with E-state index in [1.165, 1.54) is 25.7 Å².